The van der Waals surface area contributed by atoms with Gasteiger partial charge in [-0.2, -0.15) is 0 Å². The predicted octanol–water partition coefficient (Wildman–Crippen LogP) is 3.37. The van der Waals surface area contributed by atoms with Crippen molar-refractivity contribution >= 4 is 29.1 Å². The van der Waals surface area contributed by atoms with E-state index in [2.05, 4.69) is 20.8 Å². The molecule has 3 N–H and O–H groups in total. The zero-order valence-electron chi connectivity index (χ0n) is 29.1. The van der Waals surface area contributed by atoms with Gasteiger partial charge in [0.15, 0.2) is 5.76 Å². The zero-order valence-corrected chi connectivity index (χ0v) is 30.0. The number of nitrogens with zero attached hydrogens (tertiary/aromatic N) is 4. The molecule has 1 aliphatic heterocycles. The number of thiazole rings is 1. The largest absolute Gasteiger partial charge is 0.476 e. The van der Waals surface area contributed by atoms with Gasteiger partial charge in [0, 0.05) is 65.8 Å². The van der Waals surface area contributed by atoms with Crippen molar-refractivity contribution in [2.45, 2.75) is 71.1 Å². The monoisotopic (exact) mass is 698 g/mol. The molecule has 49 heavy (non-hydrogen) atoms. The van der Waals surface area contributed by atoms with Crippen molar-refractivity contribution < 1.29 is 33.5 Å². The van der Waals surface area contributed by atoms with Crippen molar-refractivity contribution in [1.29, 1.82) is 0 Å². The topological polar surface area (TPSA) is 159 Å². The van der Waals surface area contributed by atoms with Crippen LogP contribution in [0, 0.1) is 12.8 Å². The lowest BCUT2D eigenvalue weighted by Crippen LogP contribution is -2.48. The second-order valence-corrected chi connectivity index (χ2v) is 13.7. The summed E-state index contributed by atoms with van der Waals surface area (Å²) in [6.45, 7) is 9.02. The summed E-state index contributed by atoms with van der Waals surface area (Å²) >= 11 is 1.59. The molecule has 3 atom stereocenters. The first-order valence-corrected chi connectivity index (χ1v) is 17.8. The van der Waals surface area contributed by atoms with Crippen LogP contribution in [0.25, 0.3) is 10.4 Å². The molecule has 0 unspecified atom stereocenters. The molecule has 268 valence electrons. The van der Waals surface area contributed by atoms with Crippen molar-refractivity contribution in [3.8, 4) is 16.3 Å². The molecule has 1 fully saturated rings. The van der Waals surface area contributed by atoms with Crippen LogP contribution < -0.4 is 15.4 Å². The number of amides is 3. The van der Waals surface area contributed by atoms with Crippen LogP contribution in [0.5, 0.6) is 5.88 Å². The number of β-amino-alcohol motifs (C(OH)–C–C–N with tert-alkyl or cyclic N) is 1. The third kappa shape index (κ3) is 11.1. The molecule has 1 aromatic carbocycles. The molecule has 14 heteroatoms. The second-order valence-electron chi connectivity index (χ2n) is 12.8. The van der Waals surface area contributed by atoms with Crippen molar-refractivity contribution in [3.63, 3.8) is 0 Å². The molecule has 4 rings (SSSR count). The quantitative estimate of drug-likeness (QED) is 0.159. The Hall–Kier alpha value is -3.85. The molecule has 0 aliphatic carbocycles. The highest BCUT2D eigenvalue weighted by molar-refractivity contribution is 7.13. The molecule has 0 radical (unpaired) electrons. The van der Waals surface area contributed by atoms with Crippen LogP contribution in [-0.2, 0) is 25.7 Å². The number of nitrogens with one attached hydrogen (secondary N) is 2. The number of rotatable bonds is 19. The summed E-state index contributed by atoms with van der Waals surface area (Å²) < 4.78 is 17.0. The Bertz CT molecular complexity index is 1490. The molecule has 0 spiro atoms. The third-order valence-corrected chi connectivity index (χ3v) is 9.39. The fourth-order valence-electron chi connectivity index (χ4n) is 5.64. The van der Waals surface area contributed by atoms with Gasteiger partial charge in [-0.1, -0.05) is 38.1 Å². The predicted molar refractivity (Wildman–Crippen MR) is 186 cm³/mol. The maximum Gasteiger partial charge on any atom is 0.254 e. The Morgan fingerprint density at radius 3 is 2.57 bits per heavy atom. The number of carbonyl (C=O) groups is 3. The summed E-state index contributed by atoms with van der Waals surface area (Å²) in [6, 6.07) is 8.78. The van der Waals surface area contributed by atoms with Crippen LogP contribution in [0.3, 0.4) is 0 Å². The first kappa shape index (κ1) is 38.0. The van der Waals surface area contributed by atoms with Gasteiger partial charge in [0.25, 0.3) is 5.88 Å². The van der Waals surface area contributed by atoms with E-state index in [1.165, 1.54) is 4.90 Å². The SMILES string of the molecule is Cc1ncsc1-c1ccc(CNC(=O)[C@@H]2C[C@@H](O)CN2C(=O)[C@H](c2cc(OCCCCOCCNCCC(=O)N(C)C)no2)C(C)C)cc1. The van der Waals surface area contributed by atoms with E-state index in [-0.39, 0.29) is 42.5 Å². The van der Waals surface area contributed by atoms with E-state index in [1.54, 1.807) is 36.4 Å². The highest BCUT2D eigenvalue weighted by Crippen LogP contribution is 2.32. The minimum absolute atomic E-state index is 0.0643. The smallest absolute Gasteiger partial charge is 0.254 e. The number of unbranched alkanes of at least 4 members (excludes halogenated alkanes) is 1. The van der Waals surface area contributed by atoms with Crippen molar-refractivity contribution in [3.05, 3.63) is 52.9 Å². The summed E-state index contributed by atoms with van der Waals surface area (Å²) in [7, 11) is 3.49. The number of carbonyl (C=O) groups excluding carboxylic acids is 3. The van der Waals surface area contributed by atoms with Crippen LogP contribution in [0.15, 0.2) is 40.4 Å². The van der Waals surface area contributed by atoms with E-state index in [4.69, 9.17) is 14.0 Å². The molecule has 3 aromatic rings. The average Bonchev–Trinajstić information content (AvgIpc) is 3.82. The van der Waals surface area contributed by atoms with Gasteiger partial charge in [0.2, 0.25) is 17.7 Å². The van der Waals surface area contributed by atoms with E-state index in [0.29, 0.717) is 51.6 Å². The first-order chi connectivity index (χ1) is 23.5. The fourth-order valence-corrected chi connectivity index (χ4v) is 6.45. The van der Waals surface area contributed by atoms with Crippen LogP contribution in [0.2, 0.25) is 0 Å². The number of hydrogen-bond donors (Lipinski definition) is 3. The maximum absolute atomic E-state index is 13.9. The van der Waals surface area contributed by atoms with E-state index in [1.807, 2.05) is 50.5 Å². The summed E-state index contributed by atoms with van der Waals surface area (Å²) in [6.07, 6.45) is 1.37. The number of likely N-dealkylation sites (tertiary alicyclic amines) is 1. The number of aliphatic hydroxyl groups excluding tert-OH is 1. The fraction of sp³-hybridized carbons (Fsp3) is 0.571. The Kier molecular flexibility index (Phi) is 14.6. The minimum Gasteiger partial charge on any atom is -0.476 e. The summed E-state index contributed by atoms with van der Waals surface area (Å²) in [5.41, 5.74) is 4.80. The number of benzene rings is 1. The van der Waals surface area contributed by atoms with Crippen LogP contribution >= 0.6 is 11.3 Å². The maximum atomic E-state index is 13.9. The molecule has 0 bridgehead atoms. The Morgan fingerprint density at radius 2 is 1.88 bits per heavy atom. The molecule has 1 saturated heterocycles. The second kappa shape index (κ2) is 18.8. The summed E-state index contributed by atoms with van der Waals surface area (Å²) in [5.74, 6) is -0.724. The van der Waals surface area contributed by atoms with Gasteiger partial charge in [-0.15, -0.1) is 11.3 Å². The summed E-state index contributed by atoms with van der Waals surface area (Å²) in [5, 5.41) is 20.7. The van der Waals surface area contributed by atoms with Gasteiger partial charge in [0.1, 0.15) is 12.0 Å². The molecular formula is C35H50N6O7S. The van der Waals surface area contributed by atoms with Crippen molar-refractivity contribution in [1.82, 2.24) is 30.6 Å². The molecule has 2 aromatic heterocycles. The van der Waals surface area contributed by atoms with Gasteiger partial charge in [0.05, 0.1) is 35.4 Å². The molecule has 3 heterocycles. The number of aliphatic hydroxyl groups is 1. The molecular weight excluding hydrogens is 648 g/mol. The van der Waals surface area contributed by atoms with Gasteiger partial charge < -0.3 is 39.5 Å². The number of hydrogen-bond acceptors (Lipinski definition) is 11. The van der Waals surface area contributed by atoms with Crippen LogP contribution in [0.1, 0.15) is 62.5 Å². The Morgan fingerprint density at radius 1 is 1.12 bits per heavy atom. The van der Waals surface area contributed by atoms with Crippen molar-refractivity contribution in [2.24, 2.45) is 5.92 Å². The van der Waals surface area contributed by atoms with E-state index < -0.39 is 18.1 Å². The van der Waals surface area contributed by atoms with E-state index in [9.17, 15) is 19.5 Å². The molecule has 13 nitrogen and oxygen atoms in total. The van der Waals surface area contributed by atoms with E-state index in [0.717, 1.165) is 34.5 Å². The lowest BCUT2D eigenvalue weighted by atomic mass is 9.91. The number of ether oxygens (including phenoxy) is 2. The molecule has 1 aliphatic rings. The van der Waals surface area contributed by atoms with Crippen LogP contribution in [0.4, 0.5) is 0 Å². The lowest BCUT2D eigenvalue weighted by molar-refractivity contribution is -0.141. The molecule has 0 saturated carbocycles. The Labute approximate surface area is 292 Å². The van der Waals surface area contributed by atoms with E-state index >= 15 is 0 Å². The molecule has 3 amide bonds. The number of aromatic nitrogens is 2. The average molecular weight is 699 g/mol. The first-order valence-electron chi connectivity index (χ1n) is 16.9. The number of aryl methyl sites for hydroxylation is 1. The lowest BCUT2D eigenvalue weighted by Gasteiger charge is -2.28. The van der Waals surface area contributed by atoms with Gasteiger partial charge in [-0.3, -0.25) is 14.4 Å². The van der Waals surface area contributed by atoms with Crippen LogP contribution in [-0.4, -0.2) is 108 Å². The summed E-state index contributed by atoms with van der Waals surface area (Å²) in [4.78, 5) is 47.2. The van der Waals surface area contributed by atoms with Gasteiger partial charge in [-0.05, 0) is 42.0 Å². The highest BCUT2D eigenvalue weighted by Gasteiger charge is 2.43. The van der Waals surface area contributed by atoms with Crippen molar-refractivity contribution in [2.75, 3.05) is 53.6 Å². The highest BCUT2D eigenvalue weighted by atomic mass is 32.1. The third-order valence-electron chi connectivity index (χ3n) is 8.41. The van der Waals surface area contributed by atoms with Gasteiger partial charge in [-0.25, -0.2) is 4.98 Å². The minimum atomic E-state index is -0.804. The Balaban J connectivity index is 1.21. The standard InChI is InChI=1S/C35H50N6O7S/c1-23(2)32(29-19-30(39-48-29)47-16-7-6-15-46-17-14-36-13-12-31(43)40(4)5)35(45)41-21-27(42)18-28(41)34(44)37-20-25-8-10-26(11-9-25)33-24(3)38-22-49-33/h8-11,19,22-23,27-28,32,36,42H,6-7,12-18,20-21H2,1-5H3,(H,37,44)/t27-,28+,32+/m1/s1. The zero-order chi connectivity index (χ0) is 35.3. The van der Waals surface area contributed by atoms with Gasteiger partial charge >= 0.3 is 0 Å². The normalized spacial score (nSPS) is 16.6.